The summed E-state index contributed by atoms with van der Waals surface area (Å²) in [6, 6.07) is 14.9. The first kappa shape index (κ1) is 14.1. The van der Waals surface area contributed by atoms with Gasteiger partial charge in [-0.05, 0) is 59.0 Å². The second-order valence-electron chi connectivity index (χ2n) is 3.89. The van der Waals surface area contributed by atoms with Crippen LogP contribution in [-0.4, -0.2) is 12.5 Å². The summed E-state index contributed by atoms with van der Waals surface area (Å²) in [5.41, 5.74) is 1.69. The molecule has 2 N–H and O–H groups in total. The van der Waals surface area contributed by atoms with Gasteiger partial charge in [-0.1, -0.05) is 23.7 Å². The van der Waals surface area contributed by atoms with Gasteiger partial charge in [0.15, 0.2) is 0 Å². The molecule has 5 heteroatoms. The number of hydrogen-bond donors (Lipinski definition) is 2. The van der Waals surface area contributed by atoms with Crippen LogP contribution >= 0.6 is 34.2 Å². The summed E-state index contributed by atoms with van der Waals surface area (Å²) in [6.07, 6.45) is 0. The Bertz CT molecular complexity index is 572. The van der Waals surface area contributed by atoms with Crippen molar-refractivity contribution < 1.29 is 4.79 Å². The highest BCUT2D eigenvalue weighted by Gasteiger charge is 2.04. The Balaban J connectivity index is 1.88. The van der Waals surface area contributed by atoms with Crippen molar-refractivity contribution in [1.82, 2.24) is 0 Å². The van der Waals surface area contributed by atoms with Crippen LogP contribution in [-0.2, 0) is 4.79 Å². The summed E-state index contributed by atoms with van der Waals surface area (Å²) >= 11 is 7.98. The minimum absolute atomic E-state index is 0.0842. The number of carbonyl (C=O) groups excluding carboxylic acids is 1. The highest BCUT2D eigenvalue weighted by molar-refractivity contribution is 14.1. The minimum atomic E-state index is -0.0842. The van der Waals surface area contributed by atoms with E-state index in [1.807, 2.05) is 36.4 Å². The van der Waals surface area contributed by atoms with Gasteiger partial charge in [-0.3, -0.25) is 4.79 Å². The molecular formula is C14H12ClIN2O. The van der Waals surface area contributed by atoms with Crippen LogP contribution in [0.25, 0.3) is 0 Å². The van der Waals surface area contributed by atoms with Crippen LogP contribution < -0.4 is 10.6 Å². The second-order valence-corrected chi connectivity index (χ2v) is 5.49. The fourth-order valence-electron chi connectivity index (χ4n) is 1.51. The van der Waals surface area contributed by atoms with E-state index in [-0.39, 0.29) is 12.5 Å². The van der Waals surface area contributed by atoms with Gasteiger partial charge in [-0.15, -0.1) is 0 Å². The summed E-state index contributed by atoms with van der Waals surface area (Å²) in [6.45, 7) is 0.215. The molecular weight excluding hydrogens is 375 g/mol. The third-order valence-corrected chi connectivity index (χ3v) is 3.64. The molecule has 98 valence electrons. The highest BCUT2D eigenvalue weighted by atomic mass is 127. The van der Waals surface area contributed by atoms with Crippen LogP contribution in [0.3, 0.4) is 0 Å². The van der Waals surface area contributed by atoms with E-state index in [4.69, 9.17) is 11.6 Å². The quantitative estimate of drug-likeness (QED) is 0.780. The molecule has 0 unspecified atom stereocenters. The van der Waals surface area contributed by atoms with Gasteiger partial charge in [0, 0.05) is 14.3 Å². The van der Waals surface area contributed by atoms with E-state index in [0.717, 1.165) is 14.9 Å². The van der Waals surface area contributed by atoms with Gasteiger partial charge in [0.1, 0.15) is 0 Å². The van der Waals surface area contributed by atoms with Crippen molar-refractivity contribution >= 4 is 51.5 Å². The number of anilines is 2. The Morgan fingerprint density at radius 3 is 2.47 bits per heavy atom. The molecule has 0 aliphatic heterocycles. The maximum absolute atomic E-state index is 11.8. The van der Waals surface area contributed by atoms with Crippen LogP contribution in [0.1, 0.15) is 0 Å². The molecule has 0 saturated heterocycles. The summed E-state index contributed by atoms with van der Waals surface area (Å²) in [7, 11) is 0. The Labute approximate surface area is 130 Å². The lowest BCUT2D eigenvalue weighted by Crippen LogP contribution is -2.22. The van der Waals surface area contributed by atoms with Crippen LogP contribution in [0.2, 0.25) is 5.02 Å². The zero-order chi connectivity index (χ0) is 13.7. The first-order valence-electron chi connectivity index (χ1n) is 5.69. The average Bonchev–Trinajstić information content (AvgIpc) is 2.41. The third-order valence-electron chi connectivity index (χ3n) is 2.45. The van der Waals surface area contributed by atoms with Gasteiger partial charge in [0.05, 0.1) is 12.2 Å². The second kappa shape index (κ2) is 6.77. The minimum Gasteiger partial charge on any atom is -0.376 e. The van der Waals surface area contributed by atoms with Crippen LogP contribution in [0, 0.1) is 3.57 Å². The summed E-state index contributed by atoms with van der Waals surface area (Å²) in [5, 5.41) is 6.57. The van der Waals surface area contributed by atoms with E-state index in [2.05, 4.69) is 33.2 Å². The maximum Gasteiger partial charge on any atom is 0.243 e. The third kappa shape index (κ3) is 4.40. The zero-order valence-electron chi connectivity index (χ0n) is 9.99. The molecule has 0 fully saturated rings. The van der Waals surface area contributed by atoms with Crippen LogP contribution in [0.15, 0.2) is 48.5 Å². The van der Waals surface area contributed by atoms with E-state index in [1.165, 1.54) is 0 Å². The number of para-hydroxylation sites is 1. The topological polar surface area (TPSA) is 41.1 Å². The van der Waals surface area contributed by atoms with E-state index < -0.39 is 0 Å². The number of amides is 1. The molecule has 0 bridgehead atoms. The summed E-state index contributed by atoms with van der Waals surface area (Å²) in [4.78, 5) is 11.8. The van der Waals surface area contributed by atoms with Crippen molar-refractivity contribution in [3.8, 4) is 0 Å². The van der Waals surface area contributed by atoms with Gasteiger partial charge >= 0.3 is 0 Å². The number of carbonyl (C=O) groups is 1. The molecule has 0 heterocycles. The zero-order valence-corrected chi connectivity index (χ0v) is 12.9. The standard InChI is InChI=1S/C14H12ClIN2O/c15-10-5-7-11(8-6-10)17-9-14(19)18-13-4-2-1-3-12(13)16/h1-8,17H,9H2,(H,18,19). The molecule has 0 aliphatic carbocycles. The van der Waals surface area contributed by atoms with E-state index in [9.17, 15) is 4.79 Å². The normalized spacial score (nSPS) is 10.0. The number of nitrogens with one attached hydrogen (secondary N) is 2. The van der Waals surface area contributed by atoms with Crippen molar-refractivity contribution in [2.45, 2.75) is 0 Å². The van der Waals surface area contributed by atoms with E-state index in [0.29, 0.717) is 5.02 Å². The predicted molar refractivity (Wildman–Crippen MR) is 87.7 cm³/mol. The molecule has 3 nitrogen and oxygen atoms in total. The number of hydrogen-bond acceptors (Lipinski definition) is 2. The summed E-state index contributed by atoms with van der Waals surface area (Å²) in [5.74, 6) is -0.0842. The lowest BCUT2D eigenvalue weighted by molar-refractivity contribution is -0.114. The van der Waals surface area contributed by atoms with Crippen molar-refractivity contribution in [2.24, 2.45) is 0 Å². The molecule has 2 aromatic carbocycles. The van der Waals surface area contributed by atoms with Crippen LogP contribution in [0.4, 0.5) is 11.4 Å². The lowest BCUT2D eigenvalue weighted by Gasteiger charge is -2.09. The molecule has 0 radical (unpaired) electrons. The number of rotatable bonds is 4. The molecule has 0 aromatic heterocycles. The molecule has 2 rings (SSSR count). The van der Waals surface area contributed by atoms with Crippen LogP contribution in [0.5, 0.6) is 0 Å². The molecule has 0 aliphatic rings. The fraction of sp³-hybridized carbons (Fsp3) is 0.0714. The monoisotopic (exact) mass is 386 g/mol. The average molecular weight is 387 g/mol. The van der Waals surface area contributed by atoms with Gasteiger partial charge in [-0.25, -0.2) is 0 Å². The SMILES string of the molecule is O=C(CNc1ccc(Cl)cc1)Nc1ccccc1I. The molecule has 0 saturated carbocycles. The number of benzene rings is 2. The van der Waals surface area contributed by atoms with Gasteiger partial charge in [-0.2, -0.15) is 0 Å². The Morgan fingerprint density at radius 2 is 1.79 bits per heavy atom. The van der Waals surface area contributed by atoms with Crippen molar-refractivity contribution in [3.05, 3.63) is 57.1 Å². The lowest BCUT2D eigenvalue weighted by atomic mass is 10.3. The van der Waals surface area contributed by atoms with Gasteiger partial charge in [0.2, 0.25) is 5.91 Å². The van der Waals surface area contributed by atoms with Crippen molar-refractivity contribution in [3.63, 3.8) is 0 Å². The Hall–Kier alpha value is -1.27. The van der Waals surface area contributed by atoms with E-state index >= 15 is 0 Å². The first-order chi connectivity index (χ1) is 9.15. The van der Waals surface area contributed by atoms with Gasteiger partial charge < -0.3 is 10.6 Å². The van der Waals surface area contributed by atoms with Crippen molar-refractivity contribution in [1.29, 1.82) is 0 Å². The summed E-state index contributed by atoms with van der Waals surface area (Å²) < 4.78 is 1.01. The first-order valence-corrected chi connectivity index (χ1v) is 7.14. The molecule has 2 aromatic rings. The molecule has 1 amide bonds. The Morgan fingerprint density at radius 1 is 1.11 bits per heavy atom. The van der Waals surface area contributed by atoms with Gasteiger partial charge in [0.25, 0.3) is 0 Å². The fourth-order valence-corrected chi connectivity index (χ4v) is 2.16. The smallest absolute Gasteiger partial charge is 0.243 e. The molecule has 0 atom stereocenters. The maximum atomic E-state index is 11.8. The molecule has 19 heavy (non-hydrogen) atoms. The molecule has 0 spiro atoms. The number of halogens is 2. The van der Waals surface area contributed by atoms with E-state index in [1.54, 1.807) is 12.1 Å². The highest BCUT2D eigenvalue weighted by Crippen LogP contribution is 2.17. The Kier molecular flexibility index (Phi) is 5.04. The van der Waals surface area contributed by atoms with Crippen molar-refractivity contribution in [2.75, 3.05) is 17.2 Å². The largest absolute Gasteiger partial charge is 0.376 e. The predicted octanol–water partition coefficient (Wildman–Crippen LogP) is 4.00.